The number of carboxylic acids is 1. The van der Waals surface area contributed by atoms with Crippen molar-refractivity contribution in [2.45, 2.75) is 283 Å². The number of aliphatic carboxylic acids is 1. The van der Waals surface area contributed by atoms with Gasteiger partial charge in [-0.05, 0) is 51.4 Å². The number of esters is 1. The van der Waals surface area contributed by atoms with Gasteiger partial charge in [0.25, 0.3) is 0 Å². The van der Waals surface area contributed by atoms with Crippen LogP contribution in [0.2, 0.25) is 0 Å². The maximum absolute atomic E-state index is 12.3. The van der Waals surface area contributed by atoms with Gasteiger partial charge in [0, 0.05) is 6.42 Å². The highest BCUT2D eigenvalue weighted by molar-refractivity contribution is 5.77. The summed E-state index contributed by atoms with van der Waals surface area (Å²) in [5.74, 6) is -1.37. The number of ether oxygens (including phenoxy) is 1. The second-order valence-electron chi connectivity index (χ2n) is 17.0. The summed E-state index contributed by atoms with van der Waals surface area (Å²) in [5.41, 5.74) is 0. The van der Waals surface area contributed by atoms with E-state index < -0.39 is 12.1 Å². The Kier molecular flexibility index (Phi) is 46.0. The molecule has 0 fully saturated rings. The van der Waals surface area contributed by atoms with E-state index in [1.54, 1.807) is 0 Å². The molecular weight excluding hydrogens is 689 g/mol. The normalized spacial score (nSPS) is 12.5. The first-order valence-corrected chi connectivity index (χ1v) is 25.0. The number of carbonyl (C=O) groups is 2. The van der Waals surface area contributed by atoms with Crippen LogP contribution in [0.1, 0.15) is 277 Å². The zero-order chi connectivity index (χ0) is 40.7. The fraction of sp³-hybridized carbons (Fsp3) is 0.846. The summed E-state index contributed by atoms with van der Waals surface area (Å²) < 4.78 is 5.34. The number of carbonyl (C=O) groups excluding carboxylic acids is 1. The average Bonchev–Trinajstić information content (AvgIpc) is 3.19. The molecule has 0 aromatic rings. The van der Waals surface area contributed by atoms with Gasteiger partial charge in [0.05, 0.1) is 0 Å². The number of allylic oxidation sites excluding steroid dienone is 6. The van der Waals surface area contributed by atoms with Gasteiger partial charge in [0.15, 0.2) is 6.10 Å². The number of carboxylic acid groups (broad SMARTS) is 1. The monoisotopic (exact) mass is 785 g/mol. The van der Waals surface area contributed by atoms with E-state index in [9.17, 15) is 14.7 Å². The second kappa shape index (κ2) is 47.5. The minimum absolute atomic E-state index is 0.322. The van der Waals surface area contributed by atoms with Gasteiger partial charge in [0.2, 0.25) is 0 Å². The first-order chi connectivity index (χ1) is 27.6. The standard InChI is InChI=1S/C52H96O4/c1-3-5-7-9-11-13-15-17-19-20-21-22-23-24-25-26-27-28-29-30-31-32-33-35-36-38-40-42-44-46-48-50(52(54)55)56-51(53)49-47-45-43-41-39-37-34-18-16-14-12-10-8-6-4-2/h6,8,12,14,18,34,50H,3-5,7,9-11,13,15-17,19-33,35-49H2,1-2H3,(H,54,55)/b8-6-,14-12-,34-18-. The molecule has 1 N–H and O–H groups in total. The highest BCUT2D eigenvalue weighted by Crippen LogP contribution is 2.18. The Balaban J connectivity index is 3.43. The summed E-state index contributed by atoms with van der Waals surface area (Å²) in [6.45, 7) is 4.45. The van der Waals surface area contributed by atoms with Gasteiger partial charge in [-0.3, -0.25) is 4.79 Å². The zero-order valence-electron chi connectivity index (χ0n) is 37.7. The van der Waals surface area contributed by atoms with Crippen molar-refractivity contribution in [2.24, 2.45) is 0 Å². The molecule has 0 radical (unpaired) electrons. The van der Waals surface area contributed by atoms with Crippen LogP contribution < -0.4 is 0 Å². The van der Waals surface area contributed by atoms with Gasteiger partial charge >= 0.3 is 11.9 Å². The van der Waals surface area contributed by atoms with Crippen molar-refractivity contribution in [3.63, 3.8) is 0 Å². The van der Waals surface area contributed by atoms with Gasteiger partial charge in [-0.25, -0.2) is 4.79 Å². The van der Waals surface area contributed by atoms with E-state index in [0.29, 0.717) is 12.8 Å². The Morgan fingerprint density at radius 3 is 1.11 bits per heavy atom. The van der Waals surface area contributed by atoms with E-state index >= 15 is 0 Å². The lowest BCUT2D eigenvalue weighted by molar-refractivity contribution is -0.164. The third-order valence-electron chi connectivity index (χ3n) is 11.4. The van der Waals surface area contributed by atoms with Crippen LogP contribution in [-0.4, -0.2) is 23.1 Å². The topological polar surface area (TPSA) is 63.6 Å². The molecule has 1 atom stereocenters. The molecule has 0 aromatic carbocycles. The predicted octanol–water partition coefficient (Wildman–Crippen LogP) is 17.7. The van der Waals surface area contributed by atoms with Gasteiger partial charge in [-0.1, -0.05) is 256 Å². The number of unbranched alkanes of at least 4 members (excludes halogenated alkanes) is 34. The van der Waals surface area contributed by atoms with Crippen molar-refractivity contribution in [3.8, 4) is 0 Å². The number of hydrogen-bond acceptors (Lipinski definition) is 3. The average molecular weight is 785 g/mol. The summed E-state index contributed by atoms with van der Waals surface area (Å²) in [6, 6.07) is 0. The van der Waals surface area contributed by atoms with E-state index in [4.69, 9.17) is 4.74 Å². The molecule has 0 bridgehead atoms. The summed E-state index contributed by atoms with van der Waals surface area (Å²) in [5, 5.41) is 9.55. The van der Waals surface area contributed by atoms with E-state index in [1.807, 2.05) is 0 Å². The molecule has 0 aliphatic rings. The van der Waals surface area contributed by atoms with E-state index in [-0.39, 0.29) is 5.97 Å². The fourth-order valence-electron chi connectivity index (χ4n) is 7.69. The van der Waals surface area contributed by atoms with Crippen LogP contribution in [0.4, 0.5) is 0 Å². The molecule has 0 aromatic heterocycles. The number of hydrogen-bond donors (Lipinski definition) is 1. The van der Waals surface area contributed by atoms with E-state index in [2.05, 4.69) is 50.3 Å². The number of rotatable bonds is 46. The molecule has 0 heterocycles. The first kappa shape index (κ1) is 54.2. The van der Waals surface area contributed by atoms with E-state index in [1.165, 1.54) is 180 Å². The SMILES string of the molecule is CC/C=C\C/C=C\C/C=C\CCCCCCCC(=O)OC(CCCCCCCCCCCCCCCCCCCCCCCCCCCCCCCC)C(=O)O. The molecule has 1 unspecified atom stereocenters. The largest absolute Gasteiger partial charge is 0.479 e. The summed E-state index contributed by atoms with van der Waals surface area (Å²) in [4.78, 5) is 23.9. The fourth-order valence-corrected chi connectivity index (χ4v) is 7.69. The van der Waals surface area contributed by atoms with Gasteiger partial charge in [-0.15, -0.1) is 0 Å². The predicted molar refractivity (Wildman–Crippen MR) is 246 cm³/mol. The van der Waals surface area contributed by atoms with Crippen LogP contribution in [0.25, 0.3) is 0 Å². The molecular formula is C52H96O4. The molecule has 0 spiro atoms. The Labute approximate surface area is 350 Å². The third-order valence-corrected chi connectivity index (χ3v) is 11.4. The highest BCUT2D eigenvalue weighted by Gasteiger charge is 2.21. The van der Waals surface area contributed by atoms with Crippen molar-refractivity contribution in [1.82, 2.24) is 0 Å². The van der Waals surface area contributed by atoms with Crippen LogP contribution >= 0.6 is 0 Å². The summed E-state index contributed by atoms with van der Waals surface area (Å²) in [6.07, 6.45) is 63.8. The van der Waals surface area contributed by atoms with Crippen molar-refractivity contribution in [2.75, 3.05) is 0 Å². The minimum atomic E-state index is -1.01. The molecule has 0 aliphatic heterocycles. The van der Waals surface area contributed by atoms with Gasteiger partial charge < -0.3 is 9.84 Å². The van der Waals surface area contributed by atoms with E-state index in [0.717, 1.165) is 70.6 Å². The maximum atomic E-state index is 12.3. The highest BCUT2D eigenvalue weighted by atomic mass is 16.6. The van der Waals surface area contributed by atoms with Crippen molar-refractivity contribution >= 4 is 11.9 Å². The Bertz CT molecular complexity index is 889. The molecule has 0 saturated carbocycles. The van der Waals surface area contributed by atoms with Crippen molar-refractivity contribution < 1.29 is 19.4 Å². The molecule has 0 amide bonds. The quantitative estimate of drug-likeness (QED) is 0.0379. The Hall–Kier alpha value is -1.84. The Morgan fingerprint density at radius 1 is 0.411 bits per heavy atom. The molecule has 0 saturated heterocycles. The molecule has 0 aliphatic carbocycles. The molecule has 0 rings (SSSR count). The van der Waals surface area contributed by atoms with Gasteiger partial charge in [-0.2, -0.15) is 0 Å². The molecule has 4 heteroatoms. The molecule has 4 nitrogen and oxygen atoms in total. The van der Waals surface area contributed by atoms with Crippen LogP contribution in [0.5, 0.6) is 0 Å². The first-order valence-electron chi connectivity index (χ1n) is 25.0. The minimum Gasteiger partial charge on any atom is -0.479 e. The lowest BCUT2D eigenvalue weighted by Crippen LogP contribution is -2.27. The van der Waals surface area contributed by atoms with Crippen LogP contribution in [0, 0.1) is 0 Å². The summed E-state index contributed by atoms with van der Waals surface area (Å²) in [7, 11) is 0. The third kappa shape index (κ3) is 44.9. The molecule has 328 valence electrons. The van der Waals surface area contributed by atoms with Crippen LogP contribution in [0.15, 0.2) is 36.5 Å². The lowest BCUT2D eigenvalue weighted by atomic mass is 10.0. The molecule has 56 heavy (non-hydrogen) atoms. The van der Waals surface area contributed by atoms with Crippen LogP contribution in [-0.2, 0) is 14.3 Å². The Morgan fingerprint density at radius 2 is 0.732 bits per heavy atom. The van der Waals surface area contributed by atoms with Crippen molar-refractivity contribution in [3.05, 3.63) is 36.5 Å². The second-order valence-corrected chi connectivity index (χ2v) is 17.0. The zero-order valence-corrected chi connectivity index (χ0v) is 37.7. The summed E-state index contributed by atoms with van der Waals surface area (Å²) >= 11 is 0. The lowest BCUT2D eigenvalue weighted by Gasteiger charge is -2.13. The maximum Gasteiger partial charge on any atom is 0.345 e. The smallest absolute Gasteiger partial charge is 0.345 e. The van der Waals surface area contributed by atoms with Gasteiger partial charge in [0.1, 0.15) is 0 Å². The van der Waals surface area contributed by atoms with Crippen molar-refractivity contribution in [1.29, 1.82) is 0 Å². The van der Waals surface area contributed by atoms with Crippen LogP contribution in [0.3, 0.4) is 0 Å².